The SMILES string of the molecule is Cc1cc2c3c(c1)N(c1ccc(C(C)(C)C)cc1-c1ccc4c(c1)C(C)(C)CC4(C)C)c1cc(C(C)(C)C)ccc1B3c1cc(C(C)(C)C)ccc1N2c1ccc(C(C)(C)C)cc1. The third-order valence-corrected chi connectivity index (χ3v) is 14.7. The van der Waals surface area contributed by atoms with E-state index in [1.54, 1.807) is 0 Å². The highest BCUT2D eigenvalue weighted by molar-refractivity contribution is 7.00. The molecule has 0 fully saturated rings. The van der Waals surface area contributed by atoms with E-state index < -0.39 is 0 Å². The molecule has 6 aromatic rings. The predicted molar refractivity (Wildman–Crippen MR) is 276 cm³/mol. The van der Waals surface area contributed by atoms with Crippen LogP contribution < -0.4 is 26.2 Å². The number of anilines is 6. The van der Waals surface area contributed by atoms with Crippen molar-refractivity contribution in [1.82, 2.24) is 0 Å². The van der Waals surface area contributed by atoms with E-state index in [-0.39, 0.29) is 39.2 Å². The van der Waals surface area contributed by atoms with Crippen molar-refractivity contribution in [2.75, 3.05) is 9.80 Å². The van der Waals surface area contributed by atoms with Gasteiger partial charge >= 0.3 is 0 Å². The lowest BCUT2D eigenvalue weighted by Crippen LogP contribution is -2.61. The molecular weight excluding hydrogens is 759 g/mol. The van der Waals surface area contributed by atoms with Crippen molar-refractivity contribution < 1.29 is 0 Å². The van der Waals surface area contributed by atoms with E-state index in [4.69, 9.17) is 0 Å². The van der Waals surface area contributed by atoms with E-state index in [9.17, 15) is 0 Å². The molecule has 2 heterocycles. The van der Waals surface area contributed by atoms with Crippen molar-refractivity contribution in [3.05, 3.63) is 148 Å². The van der Waals surface area contributed by atoms with Crippen LogP contribution in [0, 0.1) is 6.92 Å². The topological polar surface area (TPSA) is 6.48 Å². The van der Waals surface area contributed by atoms with E-state index in [2.05, 4.69) is 237 Å². The van der Waals surface area contributed by atoms with Crippen molar-refractivity contribution in [1.29, 1.82) is 0 Å². The van der Waals surface area contributed by atoms with E-state index in [1.807, 2.05) is 0 Å². The van der Waals surface area contributed by atoms with Crippen molar-refractivity contribution >= 4 is 57.2 Å². The first-order valence-corrected chi connectivity index (χ1v) is 23.6. The molecule has 0 spiro atoms. The van der Waals surface area contributed by atoms with Gasteiger partial charge in [0.2, 0.25) is 0 Å². The van der Waals surface area contributed by atoms with Gasteiger partial charge in [-0.2, -0.15) is 0 Å². The summed E-state index contributed by atoms with van der Waals surface area (Å²) in [6.07, 6.45) is 1.15. The third-order valence-electron chi connectivity index (χ3n) is 14.7. The largest absolute Gasteiger partial charge is 0.311 e. The lowest BCUT2D eigenvalue weighted by Gasteiger charge is -2.45. The molecular formula is C60H71BN2. The summed E-state index contributed by atoms with van der Waals surface area (Å²) in [6, 6.07) is 43.8. The van der Waals surface area contributed by atoms with Crippen LogP contribution in [0.2, 0.25) is 0 Å². The van der Waals surface area contributed by atoms with Crippen LogP contribution in [0.4, 0.5) is 34.1 Å². The van der Waals surface area contributed by atoms with Gasteiger partial charge in [-0.05, 0) is 155 Å². The fourth-order valence-electron chi connectivity index (χ4n) is 11.3. The third kappa shape index (κ3) is 7.17. The van der Waals surface area contributed by atoms with Crippen molar-refractivity contribution in [2.24, 2.45) is 0 Å². The van der Waals surface area contributed by atoms with Gasteiger partial charge in [-0.3, -0.25) is 0 Å². The number of aryl methyl sites for hydroxylation is 1. The van der Waals surface area contributed by atoms with Gasteiger partial charge in [0.25, 0.3) is 6.71 Å². The van der Waals surface area contributed by atoms with Gasteiger partial charge in [0.1, 0.15) is 0 Å². The van der Waals surface area contributed by atoms with Crippen LogP contribution in [-0.2, 0) is 32.5 Å². The Hall–Kier alpha value is -5.02. The maximum atomic E-state index is 2.66. The van der Waals surface area contributed by atoms with Gasteiger partial charge in [0.15, 0.2) is 0 Å². The van der Waals surface area contributed by atoms with Crippen LogP contribution in [0.5, 0.6) is 0 Å². The molecule has 0 saturated heterocycles. The molecule has 0 bridgehead atoms. The van der Waals surface area contributed by atoms with Gasteiger partial charge in [-0.15, -0.1) is 0 Å². The first-order valence-electron chi connectivity index (χ1n) is 23.6. The fraction of sp³-hybridized carbons (Fsp3) is 0.400. The lowest BCUT2D eigenvalue weighted by atomic mass is 9.33. The Bertz CT molecular complexity index is 2810. The van der Waals surface area contributed by atoms with Crippen LogP contribution in [-0.4, -0.2) is 6.71 Å². The second-order valence-corrected chi connectivity index (χ2v) is 24.9. The molecule has 324 valence electrons. The van der Waals surface area contributed by atoms with Gasteiger partial charge in [-0.25, -0.2) is 0 Å². The summed E-state index contributed by atoms with van der Waals surface area (Å²) in [5.74, 6) is 0. The van der Waals surface area contributed by atoms with Crippen molar-refractivity contribution in [2.45, 2.75) is 157 Å². The molecule has 0 unspecified atom stereocenters. The first kappa shape index (κ1) is 43.2. The highest BCUT2D eigenvalue weighted by Gasteiger charge is 2.46. The van der Waals surface area contributed by atoms with Crippen LogP contribution in [0.3, 0.4) is 0 Å². The highest BCUT2D eigenvalue weighted by atomic mass is 15.2. The molecule has 0 N–H and O–H groups in total. The number of hydrogen-bond donors (Lipinski definition) is 0. The Kier molecular flexibility index (Phi) is 9.60. The Morgan fingerprint density at radius 3 is 1.54 bits per heavy atom. The fourth-order valence-corrected chi connectivity index (χ4v) is 11.3. The maximum Gasteiger partial charge on any atom is 0.252 e. The minimum atomic E-state index is -0.0318. The smallest absolute Gasteiger partial charge is 0.252 e. The van der Waals surface area contributed by atoms with Gasteiger partial charge < -0.3 is 9.80 Å². The number of fused-ring (bicyclic) bond motifs is 5. The number of rotatable bonds is 3. The zero-order valence-electron chi connectivity index (χ0n) is 41.6. The molecule has 6 aromatic carbocycles. The molecule has 3 aliphatic rings. The Morgan fingerprint density at radius 2 is 0.937 bits per heavy atom. The standard InChI is InChI=1S/C60H71BN2/c1-37-30-52-54-53(31-37)63(49-28-22-40(56(5,6)7)33-44(49)38-18-26-45-46(32-38)60(16,17)36-59(45,14)15)51-35-42(58(11,12)13)21-27-47(51)61(54)48-34-41(57(8,9)10)23-29-50(48)62(52)43-24-19-39(20-25-43)55(2,3)4/h18-35H,36H2,1-17H3. The average Bonchev–Trinajstić information content (AvgIpc) is 3.37. The summed E-state index contributed by atoms with van der Waals surface area (Å²) >= 11 is 0. The monoisotopic (exact) mass is 831 g/mol. The van der Waals surface area contributed by atoms with Crippen LogP contribution in [0.15, 0.2) is 109 Å². The molecule has 0 amide bonds. The van der Waals surface area contributed by atoms with E-state index in [0.717, 1.165) is 6.42 Å². The normalized spacial score (nSPS) is 16.4. The van der Waals surface area contributed by atoms with E-state index in [1.165, 1.54) is 101 Å². The van der Waals surface area contributed by atoms with Gasteiger partial charge in [0, 0.05) is 34.0 Å². The predicted octanol–water partition coefficient (Wildman–Crippen LogP) is 14.9. The van der Waals surface area contributed by atoms with Gasteiger partial charge in [-0.1, -0.05) is 171 Å². The molecule has 2 nitrogen and oxygen atoms in total. The molecule has 9 rings (SSSR count). The molecule has 0 radical (unpaired) electrons. The Labute approximate surface area is 381 Å². The van der Waals surface area contributed by atoms with Crippen LogP contribution in [0.1, 0.15) is 156 Å². The zero-order chi connectivity index (χ0) is 45.6. The summed E-state index contributed by atoms with van der Waals surface area (Å²) in [5, 5.41) is 0. The Balaban J connectivity index is 1.38. The summed E-state index contributed by atoms with van der Waals surface area (Å²) in [5.41, 5.74) is 24.0. The minimum absolute atomic E-state index is 0.00638. The second-order valence-electron chi connectivity index (χ2n) is 24.9. The molecule has 0 atom stereocenters. The number of hydrogen-bond acceptors (Lipinski definition) is 2. The minimum Gasteiger partial charge on any atom is -0.311 e. The summed E-state index contributed by atoms with van der Waals surface area (Å²) < 4.78 is 0. The zero-order valence-corrected chi connectivity index (χ0v) is 41.6. The second kappa shape index (κ2) is 14.0. The average molecular weight is 831 g/mol. The number of benzene rings is 6. The highest BCUT2D eigenvalue weighted by Crippen LogP contribution is 2.53. The van der Waals surface area contributed by atoms with E-state index >= 15 is 0 Å². The van der Waals surface area contributed by atoms with E-state index in [0.29, 0.717) is 0 Å². The quantitative estimate of drug-likeness (QED) is 0.164. The number of nitrogens with zero attached hydrogens (tertiary/aromatic N) is 2. The summed E-state index contributed by atoms with van der Waals surface area (Å²) in [4.78, 5) is 5.23. The van der Waals surface area contributed by atoms with Crippen molar-refractivity contribution in [3.8, 4) is 11.1 Å². The van der Waals surface area contributed by atoms with Crippen LogP contribution in [0.25, 0.3) is 11.1 Å². The van der Waals surface area contributed by atoms with Gasteiger partial charge in [0.05, 0.1) is 5.69 Å². The Morgan fingerprint density at radius 1 is 0.429 bits per heavy atom. The lowest BCUT2D eigenvalue weighted by molar-refractivity contribution is 0.403. The molecule has 63 heavy (non-hydrogen) atoms. The molecule has 0 aromatic heterocycles. The van der Waals surface area contributed by atoms with Crippen molar-refractivity contribution in [3.63, 3.8) is 0 Å². The summed E-state index contributed by atoms with van der Waals surface area (Å²) in [7, 11) is 0. The summed E-state index contributed by atoms with van der Waals surface area (Å²) in [6.45, 7) is 40.1. The first-order chi connectivity index (χ1) is 29.1. The molecule has 1 aliphatic carbocycles. The van der Waals surface area contributed by atoms with Crippen LogP contribution >= 0.6 is 0 Å². The molecule has 0 saturated carbocycles. The molecule has 3 heteroatoms. The maximum absolute atomic E-state index is 2.66. The molecule has 2 aliphatic heterocycles.